The highest BCUT2D eigenvalue weighted by atomic mass is 35.5. The van der Waals surface area contributed by atoms with Crippen LogP contribution in [0.2, 0.25) is 0 Å². The zero-order valence-electron chi connectivity index (χ0n) is 33.2. The van der Waals surface area contributed by atoms with Crippen LogP contribution in [0.3, 0.4) is 0 Å². The molecule has 312 valence electrons. The fraction of sp³-hybridized carbons (Fsp3) is 0.349. The molecule has 16 nitrogen and oxygen atoms in total. The summed E-state index contributed by atoms with van der Waals surface area (Å²) in [5, 5.41) is 28.6. The summed E-state index contributed by atoms with van der Waals surface area (Å²) in [7, 11) is 4.15. The Balaban J connectivity index is 0.990. The summed E-state index contributed by atoms with van der Waals surface area (Å²) in [5.41, 5.74) is 12.5. The number of nitrogens with zero attached hydrogens (tertiary/aromatic N) is 2. The van der Waals surface area contributed by atoms with Crippen molar-refractivity contribution in [2.24, 2.45) is 5.73 Å². The molecule has 1 unspecified atom stereocenters. The quantitative estimate of drug-likeness (QED) is 0.0300. The minimum absolute atomic E-state index is 0.0464. The van der Waals surface area contributed by atoms with Gasteiger partial charge in [0.15, 0.2) is 28.8 Å². The summed E-state index contributed by atoms with van der Waals surface area (Å²) < 4.78 is 16.5. The van der Waals surface area contributed by atoms with Crippen molar-refractivity contribution in [3.05, 3.63) is 64.1 Å². The number of unbranched alkanes of at least 4 members (excludes halogenated alkanes) is 1. The standard InChI is InChI=1S/C43H44ClN7O9/c1-58-39-33-24(22-10-13-50(43(45)57)35(22)37(39)53)15-29(49-33)41(55)51-18-19(17-44)31-26-16-28(48-34(26)40(59-2)38(54)36(31)51)30(52)7-5-4-6-23(42(56)60-3)25-14-27-20(8-11-46-27)21-9-12-47-32(21)25/h9,12,14-16,19,23,46-49,53-54H,4-8,10-11,13,17-18H2,1-3H3,(H2,45,57)/t19-,23?/m1/s1. The third-order valence-electron chi connectivity index (χ3n) is 12.4. The van der Waals surface area contributed by atoms with Crippen molar-refractivity contribution in [3.63, 3.8) is 0 Å². The number of esters is 1. The van der Waals surface area contributed by atoms with Gasteiger partial charge in [-0.15, -0.1) is 11.6 Å². The molecule has 9 rings (SSSR count). The number of methoxy groups -OCH3 is 3. The molecule has 0 saturated heterocycles. The van der Waals surface area contributed by atoms with Crippen molar-refractivity contribution in [1.29, 1.82) is 0 Å². The zero-order valence-corrected chi connectivity index (χ0v) is 34.0. The van der Waals surface area contributed by atoms with Crippen molar-refractivity contribution < 1.29 is 43.6 Å². The van der Waals surface area contributed by atoms with E-state index in [-0.39, 0.29) is 77.2 Å². The Hall–Kier alpha value is -6.55. The van der Waals surface area contributed by atoms with Crippen LogP contribution >= 0.6 is 11.6 Å². The van der Waals surface area contributed by atoms with Crippen LogP contribution in [0.25, 0.3) is 32.7 Å². The van der Waals surface area contributed by atoms with Crippen LogP contribution in [0.15, 0.2) is 30.5 Å². The van der Waals surface area contributed by atoms with Crippen molar-refractivity contribution in [1.82, 2.24) is 15.0 Å². The number of carbonyl (C=O) groups is 4. The molecule has 0 saturated carbocycles. The van der Waals surface area contributed by atoms with Gasteiger partial charge in [-0.1, -0.05) is 6.42 Å². The van der Waals surface area contributed by atoms with Gasteiger partial charge in [-0.2, -0.15) is 0 Å². The van der Waals surface area contributed by atoms with Crippen LogP contribution in [-0.4, -0.2) is 95.7 Å². The maximum atomic E-state index is 14.5. The van der Waals surface area contributed by atoms with Gasteiger partial charge in [-0.05, 0) is 72.2 Å². The van der Waals surface area contributed by atoms with Gasteiger partial charge in [0, 0.05) is 71.4 Å². The maximum Gasteiger partial charge on any atom is 0.319 e. The molecule has 8 N–H and O–H groups in total. The van der Waals surface area contributed by atoms with E-state index in [4.69, 9.17) is 31.5 Å². The summed E-state index contributed by atoms with van der Waals surface area (Å²) in [6, 6.07) is 6.70. The Morgan fingerprint density at radius 3 is 2.32 bits per heavy atom. The first kappa shape index (κ1) is 38.9. The Bertz CT molecular complexity index is 2790. The number of primary amides is 1. The van der Waals surface area contributed by atoms with Crippen LogP contribution in [0.5, 0.6) is 23.0 Å². The van der Waals surface area contributed by atoms with Crippen LogP contribution in [0, 0.1) is 0 Å². The SMILES string of the molecule is COC(=O)C(CCCCC(=O)c1cc2c3c(c(O)c(OC)c2[nH]1)N(C(=O)c1cc2c4c(c(O)c(OC)c2[nH]1)N(C(N)=O)CC4)C[C@H]3CCl)c1cc2c(c3cc[nH]c13)CCN2. The lowest BCUT2D eigenvalue weighted by Crippen LogP contribution is -2.34. The molecular formula is C43H44ClN7O9. The van der Waals surface area contributed by atoms with Crippen molar-refractivity contribution >= 4 is 85.1 Å². The van der Waals surface area contributed by atoms with E-state index in [1.807, 2.05) is 18.3 Å². The highest BCUT2D eigenvalue weighted by molar-refractivity contribution is 6.20. The number of nitrogens with two attached hydrogens (primary N) is 1. The third-order valence-corrected chi connectivity index (χ3v) is 12.8. The van der Waals surface area contributed by atoms with Gasteiger partial charge < -0.3 is 55.3 Å². The molecule has 3 aromatic carbocycles. The topological polar surface area (TPSA) is 228 Å². The summed E-state index contributed by atoms with van der Waals surface area (Å²) in [4.78, 5) is 65.9. The van der Waals surface area contributed by atoms with E-state index in [1.165, 1.54) is 36.7 Å². The molecule has 2 atom stereocenters. The molecule has 3 amide bonds. The summed E-state index contributed by atoms with van der Waals surface area (Å²) in [6.45, 7) is 1.20. The van der Waals surface area contributed by atoms with Gasteiger partial charge in [0.05, 0.1) is 55.3 Å². The van der Waals surface area contributed by atoms with E-state index in [1.54, 1.807) is 12.1 Å². The Labute approximate surface area is 347 Å². The Morgan fingerprint density at radius 1 is 0.883 bits per heavy atom. The predicted molar refractivity (Wildman–Crippen MR) is 227 cm³/mol. The number of halogens is 1. The molecule has 6 aromatic rings. The number of rotatable bonds is 12. The number of phenols is 2. The number of nitrogens with one attached hydrogen (secondary N) is 4. The van der Waals surface area contributed by atoms with Crippen molar-refractivity contribution in [2.45, 2.75) is 50.4 Å². The van der Waals surface area contributed by atoms with Gasteiger partial charge in [0.25, 0.3) is 5.91 Å². The third kappa shape index (κ3) is 5.86. The Morgan fingerprint density at radius 2 is 1.60 bits per heavy atom. The number of alkyl halides is 1. The number of H-pyrrole nitrogens is 3. The predicted octanol–water partition coefficient (Wildman–Crippen LogP) is 6.65. The highest BCUT2D eigenvalue weighted by Gasteiger charge is 2.41. The number of aromatic amines is 3. The number of carbonyl (C=O) groups excluding carboxylic acids is 4. The zero-order chi connectivity index (χ0) is 42.1. The fourth-order valence-electron chi connectivity index (χ4n) is 9.66. The summed E-state index contributed by atoms with van der Waals surface area (Å²) in [5.74, 6) is -2.30. The summed E-state index contributed by atoms with van der Waals surface area (Å²) >= 11 is 6.55. The normalized spacial score (nSPS) is 16.0. The molecule has 0 aliphatic carbocycles. The molecule has 0 fully saturated rings. The molecule has 60 heavy (non-hydrogen) atoms. The number of aromatic nitrogens is 3. The number of ether oxygens (including phenoxy) is 3. The van der Waals surface area contributed by atoms with Crippen LogP contribution in [-0.2, 0) is 22.4 Å². The summed E-state index contributed by atoms with van der Waals surface area (Å²) in [6.07, 6.45) is 4.93. The van der Waals surface area contributed by atoms with Gasteiger partial charge in [0.1, 0.15) is 5.69 Å². The smallest absolute Gasteiger partial charge is 0.319 e. The first-order valence-electron chi connectivity index (χ1n) is 19.8. The number of Topliss-reactive ketones (excluding diaryl/α,β-unsaturated/α-hetero) is 1. The van der Waals surface area contributed by atoms with E-state index in [0.717, 1.165) is 35.1 Å². The number of benzene rings is 3. The average molecular weight is 838 g/mol. The number of aromatic hydroxyl groups is 2. The van der Waals surface area contributed by atoms with Crippen LogP contribution < -0.4 is 30.3 Å². The molecule has 0 radical (unpaired) electrons. The number of fused-ring (bicyclic) bond motifs is 9. The molecule has 3 aliphatic rings. The number of hydrogen-bond acceptors (Lipinski definition) is 10. The van der Waals surface area contributed by atoms with Crippen LogP contribution in [0.4, 0.5) is 21.9 Å². The van der Waals surface area contributed by atoms with E-state index in [9.17, 15) is 29.4 Å². The lowest BCUT2D eigenvalue weighted by atomic mass is 9.89. The second-order valence-corrected chi connectivity index (χ2v) is 15.8. The fourth-order valence-corrected chi connectivity index (χ4v) is 9.91. The van der Waals surface area contributed by atoms with E-state index in [0.29, 0.717) is 64.3 Å². The first-order valence-corrected chi connectivity index (χ1v) is 20.4. The minimum Gasteiger partial charge on any atom is -0.503 e. The molecule has 3 aromatic heterocycles. The molecule has 17 heteroatoms. The van der Waals surface area contributed by atoms with Gasteiger partial charge >= 0.3 is 12.0 Å². The van der Waals surface area contributed by atoms with E-state index < -0.39 is 23.8 Å². The minimum atomic E-state index is -0.727. The largest absolute Gasteiger partial charge is 0.503 e. The van der Waals surface area contributed by atoms with Gasteiger partial charge in [-0.3, -0.25) is 19.3 Å². The molecule has 0 bridgehead atoms. The highest BCUT2D eigenvalue weighted by Crippen LogP contribution is 2.54. The second kappa shape index (κ2) is 14.9. The number of anilines is 3. The number of hydrogen-bond donors (Lipinski definition) is 7. The molecule has 6 heterocycles. The van der Waals surface area contributed by atoms with Gasteiger partial charge in [0.2, 0.25) is 0 Å². The van der Waals surface area contributed by atoms with Gasteiger partial charge in [-0.25, -0.2) is 4.79 Å². The first-order chi connectivity index (χ1) is 29.0. The molecule has 3 aliphatic heterocycles. The van der Waals surface area contributed by atoms with Crippen LogP contribution in [0.1, 0.15) is 80.7 Å². The number of phenolic OH excluding ortho intramolecular Hbond substituents is 2. The second-order valence-electron chi connectivity index (χ2n) is 15.5. The number of urea groups is 1. The van der Waals surface area contributed by atoms with E-state index >= 15 is 0 Å². The number of ketones is 1. The molecule has 0 spiro atoms. The van der Waals surface area contributed by atoms with Crippen molar-refractivity contribution in [2.75, 3.05) is 62.0 Å². The lowest BCUT2D eigenvalue weighted by Gasteiger charge is -2.19. The lowest BCUT2D eigenvalue weighted by molar-refractivity contribution is -0.142. The monoisotopic (exact) mass is 837 g/mol. The van der Waals surface area contributed by atoms with E-state index in [2.05, 4.69) is 20.3 Å². The Kier molecular flexibility index (Phi) is 9.69. The number of amides is 3. The van der Waals surface area contributed by atoms with Crippen molar-refractivity contribution in [3.8, 4) is 23.0 Å². The maximum absolute atomic E-state index is 14.5. The average Bonchev–Trinajstić information content (AvgIpc) is 4.10. The molecular weight excluding hydrogens is 794 g/mol.